The number of methoxy groups -OCH3 is 2. The lowest BCUT2D eigenvalue weighted by molar-refractivity contribution is -0.125. The number of hydrogen-bond donors (Lipinski definition) is 2. The molecular formula is C22H21FN6O4S. The highest BCUT2D eigenvalue weighted by molar-refractivity contribution is 8.13. The highest BCUT2D eigenvalue weighted by atomic mass is 32.2. The Morgan fingerprint density at radius 2 is 1.97 bits per heavy atom. The Morgan fingerprint density at radius 1 is 1.18 bits per heavy atom. The second-order valence-electron chi connectivity index (χ2n) is 7.60. The number of halogens is 1. The van der Waals surface area contributed by atoms with Crippen molar-refractivity contribution in [2.45, 2.75) is 24.3 Å². The molecule has 10 nitrogen and oxygen atoms in total. The number of fused-ring (bicyclic) bond motifs is 1. The van der Waals surface area contributed by atoms with Crippen molar-refractivity contribution in [3.05, 3.63) is 59.7 Å². The number of hydrogen-bond acceptors (Lipinski definition) is 10. The fourth-order valence-electron chi connectivity index (χ4n) is 3.82. The van der Waals surface area contributed by atoms with Crippen molar-refractivity contribution in [1.82, 2.24) is 26.0 Å². The summed E-state index contributed by atoms with van der Waals surface area (Å²) in [6, 6.07) is 11.0. The molecule has 2 aromatic carbocycles. The zero-order valence-electron chi connectivity index (χ0n) is 18.3. The Hall–Kier alpha value is -3.64. The maximum atomic E-state index is 13.1. The molecule has 0 saturated carbocycles. The van der Waals surface area contributed by atoms with Crippen LogP contribution in [0.4, 0.5) is 4.39 Å². The molecule has 2 N–H and O–H groups in total. The summed E-state index contributed by atoms with van der Waals surface area (Å²) >= 11 is 1.35. The lowest BCUT2D eigenvalue weighted by Gasteiger charge is -2.29. The van der Waals surface area contributed by atoms with E-state index in [1.807, 2.05) is 18.2 Å². The summed E-state index contributed by atoms with van der Waals surface area (Å²) in [4.78, 5) is 16.8. The Kier molecular flexibility index (Phi) is 6.07. The minimum Gasteiger partial charge on any atom is -0.493 e. The number of hydrazone groups is 1. The number of aromatic nitrogens is 2. The van der Waals surface area contributed by atoms with Gasteiger partial charge in [-0.15, -0.1) is 5.10 Å². The molecule has 2 atom stereocenters. The molecule has 2 unspecified atom stereocenters. The summed E-state index contributed by atoms with van der Waals surface area (Å²) in [5, 5.41) is 10.5. The molecule has 3 aromatic rings. The molecule has 2 aliphatic heterocycles. The number of carbonyl (C=O) groups excluding carboxylic acids is 1. The lowest BCUT2D eigenvalue weighted by atomic mass is 10.0. The first-order chi connectivity index (χ1) is 16.6. The molecule has 2 aliphatic rings. The van der Waals surface area contributed by atoms with E-state index in [1.54, 1.807) is 31.4 Å². The SMILES string of the molecule is COc1ccc(C2CC3C(=O)NN=C(SCc4nc(-c5ccc(F)cc5)no4)N3N2)cc1OC. The van der Waals surface area contributed by atoms with Gasteiger partial charge >= 0.3 is 0 Å². The molecule has 0 radical (unpaired) electrons. The quantitative estimate of drug-likeness (QED) is 0.545. The third kappa shape index (κ3) is 4.29. The second-order valence-corrected chi connectivity index (χ2v) is 8.54. The van der Waals surface area contributed by atoms with E-state index in [2.05, 4.69) is 26.1 Å². The average Bonchev–Trinajstić information content (AvgIpc) is 3.52. The van der Waals surface area contributed by atoms with Gasteiger partial charge in [0.25, 0.3) is 5.91 Å². The standard InChI is InChI=1S/C22H21FN6O4S/c1-31-17-8-5-13(9-18(17)32-2)15-10-16-21(30)25-26-22(29(16)27-15)34-11-19-24-20(28-33-19)12-3-6-14(23)7-4-12/h3-9,15-16,27H,10-11H2,1-2H3,(H,25,30). The van der Waals surface area contributed by atoms with Crippen LogP contribution in [0.2, 0.25) is 0 Å². The number of ether oxygens (including phenoxy) is 2. The predicted octanol–water partition coefficient (Wildman–Crippen LogP) is 2.85. The average molecular weight is 485 g/mol. The maximum absolute atomic E-state index is 13.1. The van der Waals surface area contributed by atoms with Gasteiger partial charge in [0.05, 0.1) is 26.0 Å². The molecule has 176 valence electrons. The highest BCUT2D eigenvalue weighted by Crippen LogP contribution is 2.36. The van der Waals surface area contributed by atoms with Crippen LogP contribution in [0.3, 0.4) is 0 Å². The van der Waals surface area contributed by atoms with Gasteiger partial charge in [-0.25, -0.2) is 15.2 Å². The van der Waals surface area contributed by atoms with Gasteiger partial charge in [0, 0.05) is 5.56 Å². The third-order valence-electron chi connectivity index (χ3n) is 5.54. The molecule has 0 spiro atoms. The molecule has 3 heterocycles. The highest BCUT2D eigenvalue weighted by Gasteiger charge is 2.42. The summed E-state index contributed by atoms with van der Waals surface area (Å²) in [7, 11) is 3.17. The van der Waals surface area contributed by atoms with Gasteiger partial charge in [0.2, 0.25) is 11.7 Å². The second kappa shape index (κ2) is 9.31. The zero-order chi connectivity index (χ0) is 23.7. The molecule has 1 amide bonds. The van der Waals surface area contributed by atoms with Crippen LogP contribution in [0, 0.1) is 5.82 Å². The maximum Gasteiger partial charge on any atom is 0.264 e. The zero-order valence-corrected chi connectivity index (χ0v) is 19.1. The minimum atomic E-state index is -0.421. The van der Waals surface area contributed by atoms with Crippen molar-refractivity contribution in [2.24, 2.45) is 5.10 Å². The van der Waals surface area contributed by atoms with Crippen LogP contribution in [-0.2, 0) is 10.5 Å². The monoisotopic (exact) mass is 484 g/mol. The first kappa shape index (κ1) is 22.2. The number of hydrazine groups is 1. The largest absolute Gasteiger partial charge is 0.493 e. The summed E-state index contributed by atoms with van der Waals surface area (Å²) in [5.41, 5.74) is 7.58. The first-order valence-electron chi connectivity index (χ1n) is 10.4. The molecule has 1 aromatic heterocycles. The lowest BCUT2D eigenvalue weighted by Crippen LogP contribution is -2.52. The smallest absolute Gasteiger partial charge is 0.264 e. The number of nitrogens with zero attached hydrogens (tertiary/aromatic N) is 4. The van der Waals surface area contributed by atoms with E-state index in [0.29, 0.717) is 46.1 Å². The predicted molar refractivity (Wildman–Crippen MR) is 122 cm³/mol. The van der Waals surface area contributed by atoms with E-state index in [1.165, 1.54) is 23.9 Å². The van der Waals surface area contributed by atoms with Gasteiger partial charge in [0.1, 0.15) is 11.9 Å². The number of thioether (sulfide) groups is 1. The molecular weight excluding hydrogens is 463 g/mol. The van der Waals surface area contributed by atoms with E-state index in [-0.39, 0.29) is 17.8 Å². The molecule has 1 saturated heterocycles. The van der Waals surface area contributed by atoms with E-state index >= 15 is 0 Å². The van der Waals surface area contributed by atoms with Gasteiger partial charge in [-0.1, -0.05) is 23.0 Å². The Bertz CT molecular complexity index is 1230. The Morgan fingerprint density at radius 3 is 2.74 bits per heavy atom. The third-order valence-corrected chi connectivity index (χ3v) is 6.48. The number of amides is 1. The molecule has 34 heavy (non-hydrogen) atoms. The van der Waals surface area contributed by atoms with Crippen LogP contribution >= 0.6 is 11.8 Å². The fraction of sp³-hybridized carbons (Fsp3) is 0.273. The summed E-state index contributed by atoms with van der Waals surface area (Å²) in [6.07, 6.45) is 0.552. The van der Waals surface area contributed by atoms with Crippen molar-refractivity contribution >= 4 is 22.8 Å². The molecule has 5 rings (SSSR count). The summed E-state index contributed by atoms with van der Waals surface area (Å²) in [5.74, 6) is 1.84. The van der Waals surface area contributed by atoms with Crippen LogP contribution in [-0.4, -0.2) is 46.5 Å². The number of benzene rings is 2. The molecule has 1 fully saturated rings. The normalized spacial score (nSPS) is 19.4. The summed E-state index contributed by atoms with van der Waals surface area (Å²) < 4.78 is 29.2. The van der Waals surface area contributed by atoms with Crippen LogP contribution in [0.25, 0.3) is 11.4 Å². The van der Waals surface area contributed by atoms with Crippen LogP contribution in [0.15, 0.2) is 52.1 Å². The van der Waals surface area contributed by atoms with Gasteiger partial charge in [-0.05, 0) is 48.4 Å². The molecule has 12 heteroatoms. The van der Waals surface area contributed by atoms with Crippen molar-refractivity contribution in [3.63, 3.8) is 0 Å². The first-order valence-corrected chi connectivity index (χ1v) is 11.4. The van der Waals surface area contributed by atoms with Crippen molar-refractivity contribution in [3.8, 4) is 22.9 Å². The number of amidine groups is 1. The van der Waals surface area contributed by atoms with Crippen molar-refractivity contribution < 1.29 is 23.2 Å². The van der Waals surface area contributed by atoms with Crippen LogP contribution in [0.5, 0.6) is 11.5 Å². The van der Waals surface area contributed by atoms with Crippen molar-refractivity contribution in [2.75, 3.05) is 14.2 Å². The topological polar surface area (TPSA) is 114 Å². The van der Waals surface area contributed by atoms with E-state index < -0.39 is 6.04 Å². The van der Waals surface area contributed by atoms with E-state index in [4.69, 9.17) is 14.0 Å². The fourth-order valence-corrected chi connectivity index (χ4v) is 4.62. The van der Waals surface area contributed by atoms with Gasteiger partial charge in [-0.2, -0.15) is 4.98 Å². The number of nitrogens with one attached hydrogen (secondary N) is 2. The Labute approximate surface area is 198 Å². The number of carbonyl (C=O) groups is 1. The summed E-state index contributed by atoms with van der Waals surface area (Å²) in [6.45, 7) is 0. The van der Waals surface area contributed by atoms with Gasteiger partial charge in [0.15, 0.2) is 16.7 Å². The molecule has 0 bridgehead atoms. The number of rotatable bonds is 6. The minimum absolute atomic E-state index is 0.118. The van der Waals surface area contributed by atoms with E-state index in [0.717, 1.165) is 5.56 Å². The van der Waals surface area contributed by atoms with E-state index in [9.17, 15) is 9.18 Å². The van der Waals surface area contributed by atoms with Crippen LogP contribution in [0.1, 0.15) is 23.9 Å². The Balaban J connectivity index is 1.28. The van der Waals surface area contributed by atoms with Gasteiger partial charge < -0.3 is 14.0 Å². The molecule has 0 aliphatic carbocycles. The van der Waals surface area contributed by atoms with Crippen molar-refractivity contribution in [1.29, 1.82) is 0 Å². The van der Waals surface area contributed by atoms with Crippen LogP contribution < -0.4 is 20.3 Å². The van der Waals surface area contributed by atoms with Gasteiger partial charge in [-0.3, -0.25) is 9.80 Å².